The number of hydrogen-bond donors (Lipinski definition) is 1. The van der Waals surface area contributed by atoms with Gasteiger partial charge < -0.3 is 5.73 Å². The molecule has 16 heavy (non-hydrogen) atoms. The maximum atomic E-state index is 13.3. The number of halogens is 1. The molecule has 0 atom stereocenters. The van der Waals surface area contributed by atoms with Crippen molar-refractivity contribution >= 4 is 0 Å². The normalized spacial score (nSPS) is 10.1. The van der Waals surface area contributed by atoms with Crippen molar-refractivity contribution in [1.29, 1.82) is 5.26 Å². The first-order valence-corrected chi connectivity index (χ1v) is 4.68. The van der Waals surface area contributed by atoms with Gasteiger partial charge in [0.05, 0.1) is 5.69 Å². The molecule has 0 unspecified atom stereocenters. The lowest BCUT2D eigenvalue weighted by atomic mass is 10.2. The molecule has 2 rings (SSSR count). The largest absolute Gasteiger partial charge is 0.326 e. The molecule has 1 aromatic heterocycles. The average Bonchev–Trinajstić information content (AvgIpc) is 2.76. The van der Waals surface area contributed by atoms with Gasteiger partial charge in [-0.3, -0.25) is 4.57 Å². The van der Waals surface area contributed by atoms with Crippen LogP contribution in [0, 0.1) is 17.1 Å². The molecule has 5 heteroatoms. The second-order valence-corrected chi connectivity index (χ2v) is 3.25. The Morgan fingerprint density at radius 2 is 2.25 bits per heavy atom. The molecule has 0 saturated heterocycles. The van der Waals surface area contributed by atoms with Crippen molar-refractivity contribution in [3.63, 3.8) is 0 Å². The number of imidazole rings is 1. The molecule has 1 heterocycles. The summed E-state index contributed by atoms with van der Waals surface area (Å²) in [5.74, 6) is -0.163. The Bertz CT molecular complexity index is 553. The molecule has 0 aliphatic heterocycles. The molecule has 2 N–H and O–H groups in total. The summed E-state index contributed by atoms with van der Waals surface area (Å²) < 4.78 is 14.8. The zero-order valence-corrected chi connectivity index (χ0v) is 8.39. The van der Waals surface area contributed by atoms with Gasteiger partial charge in [-0.2, -0.15) is 5.26 Å². The van der Waals surface area contributed by atoms with E-state index in [1.165, 1.54) is 22.9 Å². The molecule has 80 valence electrons. The summed E-state index contributed by atoms with van der Waals surface area (Å²) in [5.41, 5.74) is 6.68. The van der Waals surface area contributed by atoms with Crippen LogP contribution in [0.3, 0.4) is 0 Å². The third kappa shape index (κ3) is 1.78. The van der Waals surface area contributed by atoms with Crippen LogP contribution >= 0.6 is 0 Å². The summed E-state index contributed by atoms with van der Waals surface area (Å²) in [4.78, 5) is 3.84. The third-order valence-corrected chi connectivity index (χ3v) is 2.20. The second kappa shape index (κ2) is 4.13. The zero-order valence-electron chi connectivity index (χ0n) is 8.39. The monoisotopic (exact) mass is 216 g/mol. The number of nitrogens with two attached hydrogens (primary N) is 1. The van der Waals surface area contributed by atoms with Gasteiger partial charge in [-0.15, -0.1) is 0 Å². The van der Waals surface area contributed by atoms with E-state index < -0.39 is 0 Å². The van der Waals surface area contributed by atoms with Crippen LogP contribution in [0.5, 0.6) is 0 Å². The summed E-state index contributed by atoms with van der Waals surface area (Å²) in [5, 5.41) is 8.81. The number of rotatable bonds is 2. The fraction of sp³-hybridized carbons (Fsp3) is 0.0909. The van der Waals surface area contributed by atoms with Gasteiger partial charge in [0, 0.05) is 18.9 Å². The van der Waals surface area contributed by atoms with E-state index in [4.69, 9.17) is 11.0 Å². The summed E-state index contributed by atoms with van der Waals surface area (Å²) >= 11 is 0. The Hall–Kier alpha value is -2.19. The van der Waals surface area contributed by atoms with Gasteiger partial charge in [-0.1, -0.05) is 0 Å². The molecule has 0 amide bonds. The first-order valence-electron chi connectivity index (χ1n) is 4.68. The third-order valence-electron chi connectivity index (χ3n) is 2.20. The number of hydrogen-bond acceptors (Lipinski definition) is 3. The van der Waals surface area contributed by atoms with E-state index in [-0.39, 0.29) is 18.2 Å². The maximum absolute atomic E-state index is 13.3. The highest BCUT2D eigenvalue weighted by molar-refractivity contribution is 5.39. The Balaban J connectivity index is 2.56. The van der Waals surface area contributed by atoms with Crippen LogP contribution in [0.15, 0.2) is 30.6 Å². The van der Waals surface area contributed by atoms with Gasteiger partial charge in [0.15, 0.2) is 0 Å². The van der Waals surface area contributed by atoms with Crippen LogP contribution in [0.1, 0.15) is 11.4 Å². The van der Waals surface area contributed by atoms with E-state index in [1.54, 1.807) is 12.3 Å². The molecule has 1 aromatic carbocycles. The smallest absolute Gasteiger partial charge is 0.217 e. The van der Waals surface area contributed by atoms with Gasteiger partial charge in [-0.25, -0.2) is 9.37 Å². The molecule has 0 spiro atoms. The molecule has 2 aromatic rings. The van der Waals surface area contributed by atoms with Crippen LogP contribution in [-0.2, 0) is 6.54 Å². The van der Waals surface area contributed by atoms with Crippen molar-refractivity contribution in [3.05, 3.63) is 47.8 Å². The molecule has 0 fully saturated rings. The van der Waals surface area contributed by atoms with Crippen LogP contribution in [0.25, 0.3) is 5.69 Å². The summed E-state index contributed by atoms with van der Waals surface area (Å²) in [6.45, 7) is 0.251. The van der Waals surface area contributed by atoms with Crippen LogP contribution < -0.4 is 5.73 Å². The highest BCUT2D eigenvalue weighted by Gasteiger charge is 2.06. The minimum absolute atomic E-state index is 0.216. The van der Waals surface area contributed by atoms with Crippen LogP contribution in [-0.4, -0.2) is 9.55 Å². The van der Waals surface area contributed by atoms with Gasteiger partial charge in [0.1, 0.15) is 11.9 Å². The first-order chi connectivity index (χ1) is 7.74. The van der Waals surface area contributed by atoms with E-state index >= 15 is 0 Å². The van der Waals surface area contributed by atoms with Gasteiger partial charge in [0.25, 0.3) is 0 Å². The molecule has 0 radical (unpaired) electrons. The van der Waals surface area contributed by atoms with E-state index in [0.717, 1.165) is 0 Å². The Kier molecular flexibility index (Phi) is 2.66. The lowest BCUT2D eigenvalue weighted by molar-refractivity contribution is 0.624. The Morgan fingerprint density at radius 3 is 2.94 bits per heavy atom. The van der Waals surface area contributed by atoms with Crippen LogP contribution in [0.4, 0.5) is 4.39 Å². The van der Waals surface area contributed by atoms with Crippen molar-refractivity contribution in [2.24, 2.45) is 5.73 Å². The molecular formula is C11H9FN4. The minimum Gasteiger partial charge on any atom is -0.326 e. The number of nitrogens with zero attached hydrogens (tertiary/aromatic N) is 3. The van der Waals surface area contributed by atoms with Crippen molar-refractivity contribution in [2.45, 2.75) is 6.54 Å². The van der Waals surface area contributed by atoms with Gasteiger partial charge in [-0.05, 0) is 23.8 Å². The average molecular weight is 216 g/mol. The van der Waals surface area contributed by atoms with E-state index in [9.17, 15) is 4.39 Å². The van der Waals surface area contributed by atoms with Crippen molar-refractivity contribution < 1.29 is 4.39 Å². The fourth-order valence-electron chi connectivity index (χ4n) is 1.48. The number of benzene rings is 1. The van der Waals surface area contributed by atoms with Crippen molar-refractivity contribution in [2.75, 3.05) is 0 Å². The number of nitriles is 1. The summed E-state index contributed by atoms with van der Waals surface area (Å²) in [6.07, 6.45) is 3.10. The van der Waals surface area contributed by atoms with Crippen molar-refractivity contribution in [1.82, 2.24) is 9.55 Å². The Labute approximate surface area is 91.8 Å². The lowest BCUT2D eigenvalue weighted by Crippen LogP contribution is -2.02. The van der Waals surface area contributed by atoms with Crippen LogP contribution in [0.2, 0.25) is 0 Å². The second-order valence-electron chi connectivity index (χ2n) is 3.25. The maximum Gasteiger partial charge on any atom is 0.217 e. The SMILES string of the molecule is N#Cc1nccn1-c1cc(F)cc(CN)c1. The fourth-order valence-corrected chi connectivity index (χ4v) is 1.48. The van der Waals surface area contributed by atoms with E-state index in [1.807, 2.05) is 6.07 Å². The summed E-state index contributed by atoms with van der Waals surface area (Å²) in [6, 6.07) is 6.36. The lowest BCUT2D eigenvalue weighted by Gasteiger charge is -2.06. The Morgan fingerprint density at radius 1 is 1.44 bits per heavy atom. The molecule has 0 aliphatic rings. The van der Waals surface area contributed by atoms with E-state index in [0.29, 0.717) is 11.3 Å². The van der Waals surface area contributed by atoms with Crippen molar-refractivity contribution in [3.8, 4) is 11.8 Å². The number of aromatic nitrogens is 2. The quantitative estimate of drug-likeness (QED) is 0.823. The standard InChI is InChI=1S/C11H9FN4/c12-9-3-8(6-13)4-10(5-9)16-2-1-15-11(16)7-14/h1-5H,6,13H2. The highest BCUT2D eigenvalue weighted by Crippen LogP contribution is 2.14. The topological polar surface area (TPSA) is 67.6 Å². The molecule has 0 bridgehead atoms. The molecule has 0 aliphatic carbocycles. The predicted octanol–water partition coefficient (Wildman–Crippen LogP) is 1.34. The molecule has 4 nitrogen and oxygen atoms in total. The van der Waals surface area contributed by atoms with Gasteiger partial charge >= 0.3 is 0 Å². The predicted molar refractivity (Wildman–Crippen MR) is 56.1 cm³/mol. The minimum atomic E-state index is -0.379. The highest BCUT2D eigenvalue weighted by atomic mass is 19.1. The molecular weight excluding hydrogens is 207 g/mol. The summed E-state index contributed by atoms with van der Waals surface area (Å²) in [7, 11) is 0. The first kappa shape index (κ1) is 10.3. The molecule has 0 saturated carbocycles. The van der Waals surface area contributed by atoms with E-state index in [2.05, 4.69) is 4.98 Å². The van der Waals surface area contributed by atoms with Gasteiger partial charge in [0.2, 0.25) is 5.82 Å². The zero-order chi connectivity index (χ0) is 11.5.